The van der Waals surface area contributed by atoms with Crippen LogP contribution in [-0.4, -0.2) is 69.0 Å². The SMILES string of the molecule is Cc1noc([C@]23CN(C(=O)c4cccc(C(=O)O)c4)CC[C@H]2CN(C(=O)C(C)C)C3)n1. The maximum Gasteiger partial charge on any atom is 0.335 e. The Bertz CT molecular complexity index is 1030. The second-order valence-corrected chi connectivity index (χ2v) is 8.77. The molecule has 4 rings (SSSR count). The molecule has 2 saturated heterocycles. The van der Waals surface area contributed by atoms with Crippen LogP contribution < -0.4 is 0 Å². The van der Waals surface area contributed by atoms with Crippen LogP contribution in [0.1, 0.15) is 52.7 Å². The van der Waals surface area contributed by atoms with E-state index in [-0.39, 0.29) is 29.2 Å². The molecule has 9 heteroatoms. The number of hydrogen-bond acceptors (Lipinski definition) is 6. The van der Waals surface area contributed by atoms with E-state index in [9.17, 15) is 19.5 Å². The highest BCUT2D eigenvalue weighted by Crippen LogP contribution is 2.44. The van der Waals surface area contributed by atoms with Crippen LogP contribution in [0.2, 0.25) is 0 Å². The molecule has 0 aliphatic carbocycles. The zero-order chi connectivity index (χ0) is 22.3. The third-order valence-electron chi connectivity index (χ3n) is 6.32. The standard InChI is InChI=1S/C22H26N4O5/c1-13(2)18(27)26-10-17-7-8-25(11-22(17,12-26)21-23-14(3)24-31-21)19(28)15-5-4-6-16(9-15)20(29)30/h4-6,9,13,17H,7-8,10-12H2,1-3H3,(H,29,30)/t17-,22-/m0/s1. The molecule has 2 atom stereocenters. The zero-order valence-electron chi connectivity index (χ0n) is 17.9. The molecule has 0 bridgehead atoms. The molecule has 3 heterocycles. The Kier molecular flexibility index (Phi) is 5.28. The number of aromatic nitrogens is 2. The van der Waals surface area contributed by atoms with E-state index in [0.717, 1.165) is 0 Å². The third-order valence-corrected chi connectivity index (χ3v) is 6.32. The highest BCUT2D eigenvalue weighted by Gasteiger charge is 2.56. The molecule has 2 aliphatic rings. The average Bonchev–Trinajstić information content (AvgIpc) is 3.36. The second-order valence-electron chi connectivity index (χ2n) is 8.77. The molecule has 0 saturated carbocycles. The zero-order valence-corrected chi connectivity index (χ0v) is 17.9. The van der Waals surface area contributed by atoms with Gasteiger partial charge in [-0.25, -0.2) is 4.79 Å². The van der Waals surface area contributed by atoms with Crippen LogP contribution in [0.3, 0.4) is 0 Å². The Balaban J connectivity index is 1.66. The third kappa shape index (κ3) is 3.68. The number of rotatable bonds is 4. The number of likely N-dealkylation sites (tertiary alicyclic amines) is 2. The van der Waals surface area contributed by atoms with Gasteiger partial charge in [0.2, 0.25) is 11.8 Å². The van der Waals surface area contributed by atoms with Gasteiger partial charge in [-0.2, -0.15) is 4.98 Å². The van der Waals surface area contributed by atoms with Crippen LogP contribution in [0.15, 0.2) is 28.8 Å². The molecule has 0 radical (unpaired) electrons. The van der Waals surface area contributed by atoms with E-state index >= 15 is 0 Å². The lowest BCUT2D eigenvalue weighted by atomic mass is 9.73. The van der Waals surface area contributed by atoms with Gasteiger partial charge in [0.15, 0.2) is 5.82 Å². The molecule has 2 aliphatic heterocycles. The van der Waals surface area contributed by atoms with Gasteiger partial charge in [-0.05, 0) is 37.5 Å². The molecule has 164 valence electrons. The number of carbonyl (C=O) groups excluding carboxylic acids is 2. The van der Waals surface area contributed by atoms with E-state index in [0.29, 0.717) is 49.9 Å². The van der Waals surface area contributed by atoms with Crippen LogP contribution in [-0.2, 0) is 10.2 Å². The Labute approximate surface area is 180 Å². The minimum atomic E-state index is -1.08. The Morgan fingerprint density at radius 1 is 1.19 bits per heavy atom. The first-order valence-corrected chi connectivity index (χ1v) is 10.4. The summed E-state index contributed by atoms with van der Waals surface area (Å²) in [6, 6.07) is 6.04. The summed E-state index contributed by atoms with van der Waals surface area (Å²) >= 11 is 0. The van der Waals surface area contributed by atoms with Crippen LogP contribution in [0.25, 0.3) is 0 Å². The van der Waals surface area contributed by atoms with Gasteiger partial charge in [0.1, 0.15) is 0 Å². The number of amides is 2. The normalized spacial score (nSPS) is 23.2. The number of aromatic carboxylic acids is 1. The summed E-state index contributed by atoms with van der Waals surface area (Å²) < 4.78 is 5.57. The van der Waals surface area contributed by atoms with E-state index in [1.165, 1.54) is 12.1 Å². The fourth-order valence-electron chi connectivity index (χ4n) is 4.74. The fraction of sp³-hybridized carbons (Fsp3) is 0.500. The van der Waals surface area contributed by atoms with Gasteiger partial charge in [0.25, 0.3) is 5.91 Å². The van der Waals surface area contributed by atoms with Crippen molar-refractivity contribution in [1.82, 2.24) is 19.9 Å². The van der Waals surface area contributed by atoms with E-state index < -0.39 is 11.4 Å². The number of benzene rings is 1. The fourth-order valence-corrected chi connectivity index (χ4v) is 4.74. The predicted molar refractivity (Wildman–Crippen MR) is 110 cm³/mol. The van der Waals surface area contributed by atoms with Gasteiger partial charge < -0.3 is 19.4 Å². The molecular formula is C22H26N4O5. The van der Waals surface area contributed by atoms with Gasteiger partial charge in [0, 0.05) is 37.7 Å². The molecule has 31 heavy (non-hydrogen) atoms. The highest BCUT2D eigenvalue weighted by atomic mass is 16.5. The number of nitrogens with zero attached hydrogens (tertiary/aromatic N) is 4. The van der Waals surface area contributed by atoms with Crippen molar-refractivity contribution in [2.24, 2.45) is 11.8 Å². The Morgan fingerprint density at radius 3 is 2.55 bits per heavy atom. The molecule has 2 fully saturated rings. The lowest BCUT2D eigenvalue weighted by Crippen LogP contribution is -2.53. The smallest absolute Gasteiger partial charge is 0.335 e. The number of carboxylic acid groups (broad SMARTS) is 1. The van der Waals surface area contributed by atoms with E-state index in [1.807, 2.05) is 18.7 Å². The largest absolute Gasteiger partial charge is 0.478 e. The summed E-state index contributed by atoms with van der Waals surface area (Å²) in [6.45, 7) is 7.34. The average molecular weight is 426 g/mol. The highest BCUT2D eigenvalue weighted by molar-refractivity contribution is 5.97. The molecule has 1 aromatic heterocycles. The number of aryl methyl sites for hydroxylation is 1. The summed E-state index contributed by atoms with van der Waals surface area (Å²) in [6.07, 6.45) is 0.688. The molecule has 9 nitrogen and oxygen atoms in total. The molecule has 2 aromatic rings. The van der Waals surface area contributed by atoms with Crippen molar-refractivity contribution in [1.29, 1.82) is 0 Å². The monoisotopic (exact) mass is 426 g/mol. The number of fused-ring (bicyclic) bond motifs is 1. The first-order valence-electron chi connectivity index (χ1n) is 10.4. The first kappa shape index (κ1) is 21.0. The van der Waals surface area contributed by atoms with Crippen LogP contribution in [0.5, 0.6) is 0 Å². The van der Waals surface area contributed by atoms with Crippen molar-refractivity contribution in [2.75, 3.05) is 26.2 Å². The Hall–Kier alpha value is -3.23. The predicted octanol–water partition coefficient (Wildman–Crippen LogP) is 1.97. The van der Waals surface area contributed by atoms with Crippen LogP contribution in [0, 0.1) is 18.8 Å². The van der Waals surface area contributed by atoms with E-state index in [4.69, 9.17) is 4.52 Å². The van der Waals surface area contributed by atoms with Crippen molar-refractivity contribution in [3.05, 3.63) is 47.1 Å². The minimum Gasteiger partial charge on any atom is -0.478 e. The summed E-state index contributed by atoms with van der Waals surface area (Å²) in [5, 5.41) is 13.2. The molecule has 1 aromatic carbocycles. The van der Waals surface area contributed by atoms with Crippen molar-refractivity contribution >= 4 is 17.8 Å². The number of carboxylic acids is 1. The summed E-state index contributed by atoms with van der Waals surface area (Å²) in [5.41, 5.74) is -0.245. The molecule has 2 amide bonds. The van der Waals surface area contributed by atoms with E-state index in [2.05, 4.69) is 10.1 Å². The lowest BCUT2D eigenvalue weighted by Gasteiger charge is -2.41. The maximum atomic E-state index is 13.3. The first-order chi connectivity index (χ1) is 14.7. The molecule has 0 unspecified atom stereocenters. The van der Waals surface area contributed by atoms with Gasteiger partial charge in [-0.3, -0.25) is 9.59 Å². The van der Waals surface area contributed by atoms with Crippen molar-refractivity contribution < 1.29 is 24.0 Å². The Morgan fingerprint density at radius 2 is 1.90 bits per heavy atom. The van der Waals surface area contributed by atoms with E-state index in [1.54, 1.807) is 24.0 Å². The van der Waals surface area contributed by atoms with Gasteiger partial charge in [0.05, 0.1) is 11.0 Å². The molecule has 1 N–H and O–H groups in total. The number of carbonyl (C=O) groups is 3. The second kappa shape index (κ2) is 7.79. The number of piperidine rings is 1. The quantitative estimate of drug-likeness (QED) is 0.794. The van der Waals surface area contributed by atoms with Gasteiger partial charge >= 0.3 is 5.97 Å². The van der Waals surface area contributed by atoms with Crippen LogP contribution in [0.4, 0.5) is 0 Å². The summed E-state index contributed by atoms with van der Waals surface area (Å²) in [5.74, 6) is -0.324. The van der Waals surface area contributed by atoms with Crippen molar-refractivity contribution in [3.8, 4) is 0 Å². The maximum absolute atomic E-state index is 13.3. The topological polar surface area (TPSA) is 117 Å². The summed E-state index contributed by atoms with van der Waals surface area (Å²) in [7, 11) is 0. The van der Waals surface area contributed by atoms with Crippen molar-refractivity contribution in [3.63, 3.8) is 0 Å². The van der Waals surface area contributed by atoms with Crippen molar-refractivity contribution in [2.45, 2.75) is 32.6 Å². The molecule has 0 spiro atoms. The molecular weight excluding hydrogens is 400 g/mol. The number of hydrogen-bond donors (Lipinski definition) is 1. The summed E-state index contributed by atoms with van der Waals surface area (Å²) in [4.78, 5) is 45.3. The van der Waals surface area contributed by atoms with Crippen LogP contribution >= 0.6 is 0 Å². The minimum absolute atomic E-state index is 0.0667. The lowest BCUT2D eigenvalue weighted by molar-refractivity contribution is -0.133. The van der Waals surface area contributed by atoms with Gasteiger partial charge in [-0.15, -0.1) is 0 Å². The van der Waals surface area contributed by atoms with Gasteiger partial charge in [-0.1, -0.05) is 25.1 Å².